The molecule has 7 heteroatoms. The van der Waals surface area contributed by atoms with Gasteiger partial charge in [0, 0.05) is 7.05 Å². The number of hydrogen-bond acceptors (Lipinski definition) is 4. The molecule has 0 aliphatic heterocycles. The monoisotopic (exact) mass is 374 g/mol. The minimum atomic E-state index is 0.101. The third kappa shape index (κ3) is 3.88. The second-order valence-corrected chi connectivity index (χ2v) is 6.48. The van der Waals surface area contributed by atoms with Crippen molar-refractivity contribution in [1.82, 2.24) is 25.8 Å². The first kappa shape index (κ1) is 17.8. The fraction of sp³-hybridized carbons (Fsp3) is 0.190. The molecule has 0 aliphatic carbocycles. The van der Waals surface area contributed by atoms with Crippen LogP contribution in [-0.4, -0.2) is 28.2 Å². The molecule has 3 N–H and O–H groups in total. The predicted molar refractivity (Wildman–Crippen MR) is 110 cm³/mol. The zero-order chi connectivity index (χ0) is 19.3. The van der Waals surface area contributed by atoms with Crippen molar-refractivity contribution >= 4 is 16.7 Å². The molecule has 0 bridgehead atoms. The number of furan rings is 1. The maximum Gasteiger partial charge on any atom is 0.216 e. The Morgan fingerprint density at radius 3 is 2.79 bits per heavy atom. The molecule has 2 aromatic heterocycles. The molecule has 1 unspecified atom stereocenters. The van der Waals surface area contributed by atoms with Gasteiger partial charge < -0.3 is 15.1 Å². The van der Waals surface area contributed by atoms with E-state index in [0.29, 0.717) is 29.9 Å². The SMILES string of the molecule is CN=C(NCc1nc(-c2ccco2)n[nH]1)NC(C)c1ccc2ccccc2c1. The molecule has 0 saturated carbocycles. The number of aliphatic imine (C=N–C) groups is 1. The number of aromatic amines is 1. The number of hydrogen-bond donors (Lipinski definition) is 3. The minimum Gasteiger partial charge on any atom is -0.461 e. The first-order chi connectivity index (χ1) is 13.7. The van der Waals surface area contributed by atoms with Crippen molar-refractivity contribution in [2.75, 3.05) is 7.05 Å². The third-order valence-corrected chi connectivity index (χ3v) is 4.55. The Bertz CT molecular complexity index is 1080. The van der Waals surface area contributed by atoms with E-state index in [-0.39, 0.29) is 6.04 Å². The quantitative estimate of drug-likeness (QED) is 0.366. The number of guanidine groups is 1. The normalized spacial score (nSPS) is 12.9. The molecule has 4 aromatic rings. The second-order valence-electron chi connectivity index (χ2n) is 6.48. The fourth-order valence-electron chi connectivity index (χ4n) is 3.02. The summed E-state index contributed by atoms with van der Waals surface area (Å²) in [6, 6.07) is 18.6. The molecule has 2 heterocycles. The van der Waals surface area contributed by atoms with Crippen LogP contribution in [0.25, 0.3) is 22.4 Å². The highest BCUT2D eigenvalue weighted by Gasteiger charge is 2.11. The molecule has 0 radical (unpaired) electrons. The predicted octanol–water partition coefficient (Wildman–Crippen LogP) is 3.64. The zero-order valence-corrected chi connectivity index (χ0v) is 15.8. The first-order valence-electron chi connectivity index (χ1n) is 9.14. The summed E-state index contributed by atoms with van der Waals surface area (Å²) in [6.45, 7) is 2.58. The highest BCUT2D eigenvalue weighted by Crippen LogP contribution is 2.20. The summed E-state index contributed by atoms with van der Waals surface area (Å²) in [5.74, 6) is 2.56. The molecular weight excluding hydrogens is 352 g/mol. The molecular formula is C21H22N6O. The van der Waals surface area contributed by atoms with Crippen molar-refractivity contribution in [2.45, 2.75) is 19.5 Å². The van der Waals surface area contributed by atoms with E-state index in [4.69, 9.17) is 4.42 Å². The van der Waals surface area contributed by atoms with Crippen LogP contribution in [0.2, 0.25) is 0 Å². The highest BCUT2D eigenvalue weighted by atomic mass is 16.3. The molecule has 28 heavy (non-hydrogen) atoms. The molecule has 142 valence electrons. The van der Waals surface area contributed by atoms with Crippen molar-refractivity contribution in [3.8, 4) is 11.6 Å². The maximum atomic E-state index is 5.31. The Morgan fingerprint density at radius 1 is 1.14 bits per heavy atom. The van der Waals surface area contributed by atoms with Crippen molar-refractivity contribution in [3.05, 3.63) is 72.2 Å². The van der Waals surface area contributed by atoms with E-state index in [1.165, 1.54) is 16.3 Å². The summed E-state index contributed by atoms with van der Waals surface area (Å²) < 4.78 is 5.31. The number of rotatable bonds is 5. The Kier molecular flexibility index (Phi) is 5.05. The average molecular weight is 374 g/mol. The lowest BCUT2D eigenvalue weighted by atomic mass is 10.0. The summed E-state index contributed by atoms with van der Waals surface area (Å²) in [4.78, 5) is 8.73. The smallest absolute Gasteiger partial charge is 0.216 e. The summed E-state index contributed by atoms with van der Waals surface area (Å²) in [7, 11) is 1.75. The first-order valence-corrected chi connectivity index (χ1v) is 9.14. The summed E-state index contributed by atoms with van der Waals surface area (Å²) in [6.07, 6.45) is 1.60. The Morgan fingerprint density at radius 2 is 2.00 bits per heavy atom. The molecule has 1 atom stereocenters. The number of nitrogens with one attached hydrogen (secondary N) is 3. The van der Waals surface area contributed by atoms with Gasteiger partial charge in [0.15, 0.2) is 11.7 Å². The van der Waals surface area contributed by atoms with Crippen molar-refractivity contribution in [1.29, 1.82) is 0 Å². The van der Waals surface area contributed by atoms with Gasteiger partial charge in [0.1, 0.15) is 5.82 Å². The van der Waals surface area contributed by atoms with Gasteiger partial charge in [-0.05, 0) is 41.5 Å². The lowest BCUT2D eigenvalue weighted by Crippen LogP contribution is -2.38. The van der Waals surface area contributed by atoms with Crippen LogP contribution in [0.5, 0.6) is 0 Å². The summed E-state index contributed by atoms with van der Waals surface area (Å²) in [5.41, 5.74) is 1.20. The topological polar surface area (TPSA) is 91.1 Å². The molecule has 0 fully saturated rings. The van der Waals surface area contributed by atoms with Crippen LogP contribution in [0.4, 0.5) is 0 Å². The van der Waals surface area contributed by atoms with E-state index in [1.54, 1.807) is 13.3 Å². The molecule has 0 aliphatic rings. The number of nitrogens with zero attached hydrogens (tertiary/aromatic N) is 3. The largest absolute Gasteiger partial charge is 0.461 e. The average Bonchev–Trinajstić information content (AvgIpc) is 3.42. The van der Waals surface area contributed by atoms with Gasteiger partial charge in [0.05, 0.1) is 18.8 Å². The molecule has 0 saturated heterocycles. The molecule has 7 nitrogen and oxygen atoms in total. The number of fused-ring (bicyclic) bond motifs is 1. The highest BCUT2D eigenvalue weighted by molar-refractivity contribution is 5.84. The van der Waals surface area contributed by atoms with E-state index >= 15 is 0 Å². The van der Waals surface area contributed by atoms with Gasteiger partial charge in [-0.1, -0.05) is 36.4 Å². The van der Waals surface area contributed by atoms with Gasteiger partial charge in [0.2, 0.25) is 5.82 Å². The number of aromatic nitrogens is 3. The van der Waals surface area contributed by atoms with Crippen LogP contribution in [0.15, 0.2) is 70.3 Å². The second kappa shape index (κ2) is 7.96. The Balaban J connectivity index is 1.38. The van der Waals surface area contributed by atoms with E-state index < -0.39 is 0 Å². The van der Waals surface area contributed by atoms with Gasteiger partial charge in [0.25, 0.3) is 0 Å². The molecule has 0 amide bonds. The van der Waals surface area contributed by atoms with Gasteiger partial charge in [-0.15, -0.1) is 5.10 Å². The van der Waals surface area contributed by atoms with E-state index in [1.807, 2.05) is 12.1 Å². The lowest BCUT2D eigenvalue weighted by molar-refractivity contribution is 0.577. The van der Waals surface area contributed by atoms with Gasteiger partial charge in [-0.25, -0.2) is 4.98 Å². The van der Waals surface area contributed by atoms with E-state index in [2.05, 4.69) is 80.2 Å². The summed E-state index contributed by atoms with van der Waals surface area (Å²) in [5, 5.41) is 16.2. The van der Waals surface area contributed by atoms with Crippen LogP contribution in [0.1, 0.15) is 24.4 Å². The van der Waals surface area contributed by atoms with Gasteiger partial charge >= 0.3 is 0 Å². The van der Waals surface area contributed by atoms with E-state index in [9.17, 15) is 0 Å². The van der Waals surface area contributed by atoms with E-state index in [0.717, 1.165) is 0 Å². The lowest BCUT2D eigenvalue weighted by Gasteiger charge is -2.18. The number of benzene rings is 2. The Hall–Kier alpha value is -3.61. The molecule has 0 spiro atoms. The van der Waals surface area contributed by atoms with Crippen LogP contribution >= 0.6 is 0 Å². The van der Waals surface area contributed by atoms with Gasteiger partial charge in [-0.3, -0.25) is 10.1 Å². The molecule has 4 rings (SSSR count). The van der Waals surface area contributed by atoms with Crippen LogP contribution < -0.4 is 10.6 Å². The van der Waals surface area contributed by atoms with Crippen molar-refractivity contribution < 1.29 is 4.42 Å². The summed E-state index contributed by atoms with van der Waals surface area (Å²) >= 11 is 0. The van der Waals surface area contributed by atoms with Gasteiger partial charge in [-0.2, -0.15) is 0 Å². The van der Waals surface area contributed by atoms with Crippen molar-refractivity contribution in [3.63, 3.8) is 0 Å². The molecule has 2 aromatic carbocycles. The van der Waals surface area contributed by atoms with Crippen LogP contribution in [0.3, 0.4) is 0 Å². The maximum absolute atomic E-state index is 5.31. The van der Waals surface area contributed by atoms with Crippen molar-refractivity contribution in [2.24, 2.45) is 4.99 Å². The number of H-pyrrole nitrogens is 1. The van der Waals surface area contributed by atoms with Crippen LogP contribution in [0, 0.1) is 0 Å². The zero-order valence-electron chi connectivity index (χ0n) is 15.8. The van der Waals surface area contributed by atoms with Crippen LogP contribution in [-0.2, 0) is 6.54 Å². The Labute approximate surface area is 162 Å². The fourth-order valence-corrected chi connectivity index (χ4v) is 3.02. The third-order valence-electron chi connectivity index (χ3n) is 4.55. The standard InChI is InChI=1S/C21H22N6O/c1-14(16-10-9-15-6-3-4-7-17(15)12-16)24-21(22-2)23-13-19-25-20(27-26-19)18-8-5-11-28-18/h3-12,14H,13H2,1-2H3,(H2,22,23,24)(H,25,26,27). The minimum absolute atomic E-state index is 0.101.